The molecule has 1 aliphatic heterocycles. The summed E-state index contributed by atoms with van der Waals surface area (Å²) < 4.78 is 10.2. The van der Waals surface area contributed by atoms with Crippen molar-refractivity contribution in [2.45, 2.75) is 12.3 Å². The van der Waals surface area contributed by atoms with Gasteiger partial charge < -0.3 is 9.47 Å². The van der Waals surface area contributed by atoms with Gasteiger partial charge in [0.2, 0.25) is 0 Å². The third-order valence-electron chi connectivity index (χ3n) is 2.75. The van der Waals surface area contributed by atoms with Crippen LogP contribution < -0.4 is 0 Å². The Morgan fingerprint density at radius 3 is 2.69 bits per heavy atom. The number of carbonyl (C=O) groups is 1. The van der Waals surface area contributed by atoms with Crippen LogP contribution in [0.25, 0.3) is 0 Å². The summed E-state index contributed by atoms with van der Waals surface area (Å²) in [6, 6.07) is 7.32. The first-order valence-electron chi connectivity index (χ1n) is 5.20. The largest absolute Gasteiger partial charge is 0.465 e. The van der Waals surface area contributed by atoms with Crippen molar-refractivity contribution in [2.75, 3.05) is 19.8 Å². The quantitative estimate of drug-likeness (QED) is 0.760. The molecular weight excluding hydrogens is 228 g/mol. The molecule has 1 aromatic rings. The van der Waals surface area contributed by atoms with Gasteiger partial charge in [0.15, 0.2) is 0 Å². The number of halogens is 1. The highest BCUT2D eigenvalue weighted by Crippen LogP contribution is 2.37. The highest BCUT2D eigenvalue weighted by atomic mass is 35.5. The molecule has 0 bridgehead atoms. The Morgan fingerprint density at radius 1 is 1.50 bits per heavy atom. The predicted molar refractivity (Wildman–Crippen MR) is 60.6 cm³/mol. The van der Waals surface area contributed by atoms with Crippen LogP contribution in [0.1, 0.15) is 12.5 Å². The summed E-state index contributed by atoms with van der Waals surface area (Å²) in [7, 11) is 0. The third-order valence-corrected chi connectivity index (χ3v) is 3.08. The summed E-state index contributed by atoms with van der Waals surface area (Å²) >= 11 is 6.10. The van der Waals surface area contributed by atoms with E-state index in [0.29, 0.717) is 24.8 Å². The molecule has 16 heavy (non-hydrogen) atoms. The highest BCUT2D eigenvalue weighted by Gasteiger charge is 2.49. The zero-order valence-corrected chi connectivity index (χ0v) is 9.79. The second-order valence-corrected chi connectivity index (χ2v) is 4.18. The van der Waals surface area contributed by atoms with E-state index in [9.17, 15) is 4.79 Å². The van der Waals surface area contributed by atoms with Crippen LogP contribution in [0.3, 0.4) is 0 Å². The summed E-state index contributed by atoms with van der Waals surface area (Å²) in [4.78, 5) is 11.9. The smallest absolute Gasteiger partial charge is 0.321 e. The van der Waals surface area contributed by atoms with Crippen molar-refractivity contribution < 1.29 is 14.3 Å². The van der Waals surface area contributed by atoms with Crippen molar-refractivity contribution >= 4 is 17.6 Å². The van der Waals surface area contributed by atoms with E-state index in [1.807, 2.05) is 18.2 Å². The molecule has 86 valence electrons. The van der Waals surface area contributed by atoms with Crippen LogP contribution in [-0.2, 0) is 19.7 Å². The standard InChI is InChI=1S/C12H13ClO3/c1-2-16-11(14)12(7-15-8-12)9-5-3-4-6-10(9)13/h3-6H,2,7-8H2,1H3. The van der Waals surface area contributed by atoms with E-state index in [1.54, 1.807) is 13.0 Å². The molecule has 0 spiro atoms. The number of esters is 1. The first kappa shape index (κ1) is 11.4. The van der Waals surface area contributed by atoms with Crippen LogP contribution in [-0.4, -0.2) is 25.8 Å². The molecule has 0 unspecified atom stereocenters. The summed E-state index contributed by atoms with van der Waals surface area (Å²) in [6.45, 7) is 2.84. The zero-order chi connectivity index (χ0) is 11.6. The molecule has 0 N–H and O–H groups in total. The second kappa shape index (κ2) is 4.44. The van der Waals surface area contributed by atoms with Crippen molar-refractivity contribution in [3.63, 3.8) is 0 Å². The zero-order valence-electron chi connectivity index (χ0n) is 9.03. The van der Waals surface area contributed by atoms with E-state index in [4.69, 9.17) is 21.1 Å². The molecule has 4 heteroatoms. The van der Waals surface area contributed by atoms with E-state index in [0.717, 1.165) is 5.56 Å². The maximum Gasteiger partial charge on any atom is 0.321 e. The number of hydrogen-bond acceptors (Lipinski definition) is 3. The molecule has 2 rings (SSSR count). The maximum atomic E-state index is 11.9. The van der Waals surface area contributed by atoms with Gasteiger partial charge in [0.05, 0.1) is 19.8 Å². The van der Waals surface area contributed by atoms with Crippen molar-refractivity contribution in [1.82, 2.24) is 0 Å². The molecule has 1 heterocycles. The van der Waals surface area contributed by atoms with Crippen LogP contribution in [0.15, 0.2) is 24.3 Å². The van der Waals surface area contributed by atoms with Crippen LogP contribution >= 0.6 is 11.6 Å². The molecule has 0 saturated carbocycles. The molecule has 0 radical (unpaired) electrons. The lowest BCUT2D eigenvalue weighted by atomic mass is 9.78. The first-order chi connectivity index (χ1) is 7.70. The lowest BCUT2D eigenvalue weighted by Gasteiger charge is -2.39. The average molecular weight is 241 g/mol. The van der Waals surface area contributed by atoms with E-state index >= 15 is 0 Å². The lowest BCUT2D eigenvalue weighted by molar-refractivity contribution is -0.169. The minimum absolute atomic E-state index is 0.255. The number of hydrogen-bond donors (Lipinski definition) is 0. The normalized spacial score (nSPS) is 17.6. The fourth-order valence-corrected chi connectivity index (χ4v) is 2.12. The van der Waals surface area contributed by atoms with Gasteiger partial charge in [-0.15, -0.1) is 0 Å². The molecular formula is C12H13ClO3. The highest BCUT2D eigenvalue weighted by molar-refractivity contribution is 6.31. The SMILES string of the molecule is CCOC(=O)C1(c2ccccc2Cl)COC1. The summed E-state index contributed by atoms with van der Waals surface area (Å²) in [5, 5.41) is 0.582. The van der Waals surface area contributed by atoms with Gasteiger partial charge in [0, 0.05) is 5.02 Å². The van der Waals surface area contributed by atoms with Crippen molar-refractivity contribution in [1.29, 1.82) is 0 Å². The molecule has 0 aromatic heterocycles. The third kappa shape index (κ3) is 1.70. The molecule has 1 saturated heterocycles. The fraction of sp³-hybridized carbons (Fsp3) is 0.417. The number of benzene rings is 1. The lowest BCUT2D eigenvalue weighted by Crippen LogP contribution is -2.54. The fourth-order valence-electron chi connectivity index (χ4n) is 1.81. The van der Waals surface area contributed by atoms with Gasteiger partial charge in [0.1, 0.15) is 5.41 Å². The Labute approximate surface area is 99.3 Å². The van der Waals surface area contributed by atoms with Crippen LogP contribution in [0.5, 0.6) is 0 Å². The van der Waals surface area contributed by atoms with Gasteiger partial charge >= 0.3 is 5.97 Å². The van der Waals surface area contributed by atoms with Crippen molar-refractivity contribution in [3.05, 3.63) is 34.9 Å². The van der Waals surface area contributed by atoms with E-state index in [-0.39, 0.29) is 5.97 Å². The number of carbonyl (C=O) groups excluding carboxylic acids is 1. The van der Waals surface area contributed by atoms with Gasteiger partial charge in [-0.3, -0.25) is 4.79 Å². The van der Waals surface area contributed by atoms with Crippen LogP contribution in [0.2, 0.25) is 5.02 Å². The van der Waals surface area contributed by atoms with E-state index < -0.39 is 5.41 Å². The maximum absolute atomic E-state index is 11.9. The molecule has 0 aliphatic carbocycles. The Bertz CT molecular complexity index is 399. The van der Waals surface area contributed by atoms with Crippen LogP contribution in [0, 0.1) is 0 Å². The second-order valence-electron chi connectivity index (χ2n) is 3.78. The van der Waals surface area contributed by atoms with E-state index in [2.05, 4.69) is 0 Å². The average Bonchev–Trinajstić information content (AvgIpc) is 2.19. The van der Waals surface area contributed by atoms with Crippen molar-refractivity contribution in [2.24, 2.45) is 0 Å². The van der Waals surface area contributed by atoms with E-state index in [1.165, 1.54) is 0 Å². The van der Waals surface area contributed by atoms with Crippen LogP contribution in [0.4, 0.5) is 0 Å². The Kier molecular flexibility index (Phi) is 3.17. The van der Waals surface area contributed by atoms with Gasteiger partial charge in [-0.05, 0) is 18.6 Å². The summed E-state index contributed by atoms with van der Waals surface area (Å²) in [5.41, 5.74) is 0.0929. The predicted octanol–water partition coefficient (Wildman–Crippen LogP) is 2.17. The topological polar surface area (TPSA) is 35.5 Å². The monoisotopic (exact) mass is 240 g/mol. The van der Waals surface area contributed by atoms with Gasteiger partial charge in [-0.25, -0.2) is 0 Å². The van der Waals surface area contributed by atoms with Crippen molar-refractivity contribution in [3.8, 4) is 0 Å². The molecule has 0 atom stereocenters. The summed E-state index contributed by atoms with van der Waals surface area (Å²) in [6.07, 6.45) is 0. The molecule has 1 aliphatic rings. The van der Waals surface area contributed by atoms with Gasteiger partial charge in [-0.1, -0.05) is 29.8 Å². The molecule has 1 fully saturated rings. The van der Waals surface area contributed by atoms with Gasteiger partial charge in [0.25, 0.3) is 0 Å². The Morgan fingerprint density at radius 2 is 2.19 bits per heavy atom. The molecule has 1 aromatic carbocycles. The summed E-state index contributed by atoms with van der Waals surface area (Å²) in [5.74, 6) is -0.255. The number of ether oxygens (including phenoxy) is 2. The minimum atomic E-state index is -0.700. The first-order valence-corrected chi connectivity index (χ1v) is 5.58. The minimum Gasteiger partial charge on any atom is -0.465 e. The van der Waals surface area contributed by atoms with Gasteiger partial charge in [-0.2, -0.15) is 0 Å². The molecule has 0 amide bonds. The number of rotatable bonds is 3. The Balaban J connectivity index is 2.35. The Hall–Kier alpha value is -1.06. The molecule has 3 nitrogen and oxygen atoms in total.